The van der Waals surface area contributed by atoms with Crippen LogP contribution in [0.1, 0.15) is 33.2 Å². The van der Waals surface area contributed by atoms with Crippen molar-refractivity contribution < 1.29 is 9.32 Å². The van der Waals surface area contributed by atoms with Crippen LogP contribution < -0.4 is 5.32 Å². The van der Waals surface area contributed by atoms with Gasteiger partial charge in [0.2, 0.25) is 0 Å². The maximum atomic E-state index is 11.7. The molecule has 6 nitrogen and oxygen atoms in total. The second kappa shape index (κ2) is 4.40. The van der Waals surface area contributed by atoms with Crippen LogP contribution in [-0.4, -0.2) is 21.3 Å². The van der Waals surface area contributed by atoms with Gasteiger partial charge in [0.25, 0.3) is 5.91 Å². The summed E-state index contributed by atoms with van der Waals surface area (Å²) in [6.45, 7) is 5.90. The molecule has 0 aliphatic carbocycles. The Morgan fingerprint density at radius 3 is 2.76 bits per heavy atom. The highest BCUT2D eigenvalue weighted by atomic mass is 16.5. The molecule has 0 radical (unpaired) electrons. The highest BCUT2D eigenvalue weighted by Gasteiger charge is 2.12. The van der Waals surface area contributed by atoms with Crippen molar-refractivity contribution in [3.05, 3.63) is 34.5 Å². The molecule has 2 rings (SSSR count). The molecule has 6 heteroatoms. The Kier molecular flexibility index (Phi) is 2.95. The summed E-state index contributed by atoms with van der Waals surface area (Å²) in [5.41, 5.74) is 2.94. The number of amides is 1. The van der Waals surface area contributed by atoms with E-state index in [1.54, 1.807) is 6.07 Å². The van der Waals surface area contributed by atoms with Crippen LogP contribution in [-0.2, 0) is 6.54 Å². The van der Waals surface area contributed by atoms with Crippen molar-refractivity contribution in [1.29, 1.82) is 0 Å². The first-order chi connectivity index (χ1) is 8.08. The van der Waals surface area contributed by atoms with Gasteiger partial charge in [-0.1, -0.05) is 5.16 Å². The van der Waals surface area contributed by atoms with Gasteiger partial charge in [0.05, 0.1) is 5.69 Å². The van der Waals surface area contributed by atoms with Gasteiger partial charge in [-0.25, -0.2) is 0 Å². The van der Waals surface area contributed by atoms with Crippen LogP contribution in [0.4, 0.5) is 0 Å². The van der Waals surface area contributed by atoms with Gasteiger partial charge in [0.1, 0.15) is 11.5 Å². The Morgan fingerprint density at radius 1 is 1.47 bits per heavy atom. The minimum Gasteiger partial charge on any atom is -0.361 e. The summed E-state index contributed by atoms with van der Waals surface area (Å²) in [5, 5.41) is 13.2. The number of hydrogen-bond acceptors (Lipinski definition) is 4. The molecule has 2 aromatic heterocycles. The van der Waals surface area contributed by atoms with Gasteiger partial charge in [-0.3, -0.25) is 9.89 Å². The van der Waals surface area contributed by atoms with E-state index in [0.29, 0.717) is 12.2 Å². The van der Waals surface area contributed by atoms with E-state index < -0.39 is 0 Å². The van der Waals surface area contributed by atoms with Crippen molar-refractivity contribution in [3.63, 3.8) is 0 Å². The van der Waals surface area contributed by atoms with E-state index in [-0.39, 0.29) is 5.91 Å². The summed E-state index contributed by atoms with van der Waals surface area (Å²) in [5.74, 6) is 0.510. The predicted molar refractivity (Wildman–Crippen MR) is 60.5 cm³/mol. The molecule has 0 bridgehead atoms. The smallest absolute Gasteiger partial charge is 0.272 e. The largest absolute Gasteiger partial charge is 0.361 e. The number of carbonyl (C=O) groups is 1. The molecule has 0 aliphatic heterocycles. The van der Waals surface area contributed by atoms with Crippen molar-refractivity contribution in [2.24, 2.45) is 0 Å². The molecule has 0 spiro atoms. The average Bonchev–Trinajstić information content (AvgIpc) is 2.84. The topological polar surface area (TPSA) is 83.8 Å². The summed E-state index contributed by atoms with van der Waals surface area (Å²) >= 11 is 0. The zero-order valence-corrected chi connectivity index (χ0v) is 10.00. The fraction of sp³-hybridized carbons (Fsp3) is 0.364. The molecule has 2 N–H and O–H groups in total. The quantitative estimate of drug-likeness (QED) is 0.837. The van der Waals surface area contributed by atoms with E-state index >= 15 is 0 Å². The zero-order chi connectivity index (χ0) is 12.4. The Hall–Kier alpha value is -2.11. The molecule has 0 fully saturated rings. The number of nitrogens with zero attached hydrogens (tertiary/aromatic N) is 2. The number of aromatic amines is 1. The number of aryl methyl sites for hydroxylation is 3. The highest BCUT2D eigenvalue weighted by Crippen LogP contribution is 2.11. The van der Waals surface area contributed by atoms with Crippen molar-refractivity contribution in [2.75, 3.05) is 0 Å². The van der Waals surface area contributed by atoms with Crippen LogP contribution in [0.25, 0.3) is 0 Å². The van der Waals surface area contributed by atoms with Crippen molar-refractivity contribution in [1.82, 2.24) is 20.7 Å². The maximum absolute atomic E-state index is 11.7. The van der Waals surface area contributed by atoms with Gasteiger partial charge in [0.15, 0.2) is 0 Å². The van der Waals surface area contributed by atoms with Gasteiger partial charge in [-0.05, 0) is 26.8 Å². The zero-order valence-electron chi connectivity index (χ0n) is 10.00. The number of carbonyl (C=O) groups excluding carboxylic acids is 1. The minimum atomic E-state index is -0.214. The van der Waals surface area contributed by atoms with E-state index in [9.17, 15) is 4.79 Å². The van der Waals surface area contributed by atoms with E-state index in [2.05, 4.69) is 20.7 Å². The lowest BCUT2D eigenvalue weighted by Gasteiger charge is -2.01. The molecule has 2 aromatic rings. The number of aromatic nitrogens is 3. The number of rotatable bonds is 3. The maximum Gasteiger partial charge on any atom is 0.272 e. The number of hydrogen-bond donors (Lipinski definition) is 2. The molecule has 0 aliphatic rings. The molecular formula is C11H14N4O2. The van der Waals surface area contributed by atoms with Gasteiger partial charge in [0, 0.05) is 17.8 Å². The van der Waals surface area contributed by atoms with Crippen molar-refractivity contribution >= 4 is 5.91 Å². The Labute approximate surface area is 98.4 Å². The first-order valence-electron chi connectivity index (χ1n) is 5.30. The molecule has 0 aromatic carbocycles. The normalized spacial score (nSPS) is 10.5. The van der Waals surface area contributed by atoms with Crippen LogP contribution >= 0.6 is 0 Å². The molecule has 0 unspecified atom stereocenters. The van der Waals surface area contributed by atoms with Gasteiger partial charge >= 0.3 is 0 Å². The van der Waals surface area contributed by atoms with Crippen LogP contribution in [0.3, 0.4) is 0 Å². The Balaban J connectivity index is 2.02. The fourth-order valence-electron chi connectivity index (χ4n) is 1.55. The lowest BCUT2D eigenvalue weighted by atomic mass is 10.2. The summed E-state index contributed by atoms with van der Waals surface area (Å²) in [6, 6.07) is 1.70. The Bertz CT molecular complexity index is 522. The second-order valence-electron chi connectivity index (χ2n) is 3.92. The minimum absolute atomic E-state index is 0.214. The van der Waals surface area contributed by atoms with Crippen LogP contribution in [0.2, 0.25) is 0 Å². The highest BCUT2D eigenvalue weighted by molar-refractivity contribution is 5.92. The molecule has 0 saturated heterocycles. The van der Waals surface area contributed by atoms with Crippen molar-refractivity contribution in [2.45, 2.75) is 27.3 Å². The average molecular weight is 234 g/mol. The molecule has 0 atom stereocenters. The van der Waals surface area contributed by atoms with Crippen LogP contribution in [0.15, 0.2) is 10.6 Å². The summed E-state index contributed by atoms with van der Waals surface area (Å²) in [7, 11) is 0. The predicted octanol–water partition coefficient (Wildman–Crippen LogP) is 1.25. The fourth-order valence-corrected chi connectivity index (χ4v) is 1.55. The first-order valence-corrected chi connectivity index (χ1v) is 5.30. The molecule has 2 heterocycles. The van der Waals surface area contributed by atoms with E-state index in [4.69, 9.17) is 4.52 Å². The molecule has 0 saturated carbocycles. The second-order valence-corrected chi connectivity index (χ2v) is 3.92. The van der Waals surface area contributed by atoms with Gasteiger partial charge in [-0.15, -0.1) is 0 Å². The van der Waals surface area contributed by atoms with E-state index in [1.165, 1.54) is 0 Å². The lowest BCUT2D eigenvalue weighted by molar-refractivity contribution is 0.0946. The van der Waals surface area contributed by atoms with E-state index in [0.717, 1.165) is 22.7 Å². The van der Waals surface area contributed by atoms with Crippen LogP contribution in [0.5, 0.6) is 0 Å². The third-order valence-electron chi connectivity index (χ3n) is 2.55. The standard InChI is InChI=1S/C11H14N4O2/c1-6-4-10(14-13-6)11(16)12-5-9-7(2)15-17-8(9)3/h4H,5H2,1-3H3,(H,12,16)(H,13,14). The molecular weight excluding hydrogens is 220 g/mol. The van der Waals surface area contributed by atoms with Crippen molar-refractivity contribution in [3.8, 4) is 0 Å². The molecule has 90 valence electrons. The summed E-state index contributed by atoms with van der Waals surface area (Å²) in [4.78, 5) is 11.7. The molecule has 17 heavy (non-hydrogen) atoms. The van der Waals surface area contributed by atoms with Gasteiger partial charge < -0.3 is 9.84 Å². The summed E-state index contributed by atoms with van der Waals surface area (Å²) in [6.07, 6.45) is 0. The monoisotopic (exact) mass is 234 g/mol. The van der Waals surface area contributed by atoms with Gasteiger partial charge in [-0.2, -0.15) is 5.10 Å². The number of nitrogens with one attached hydrogen (secondary N) is 2. The third-order valence-corrected chi connectivity index (χ3v) is 2.55. The SMILES string of the molecule is Cc1cc(C(=O)NCc2c(C)noc2C)n[nH]1. The first kappa shape index (κ1) is 11.4. The Morgan fingerprint density at radius 2 is 2.24 bits per heavy atom. The molecule has 1 amide bonds. The van der Waals surface area contributed by atoms with E-state index in [1.807, 2.05) is 20.8 Å². The number of H-pyrrole nitrogens is 1. The van der Waals surface area contributed by atoms with Crippen LogP contribution in [0, 0.1) is 20.8 Å². The third kappa shape index (κ3) is 2.35. The summed E-state index contributed by atoms with van der Waals surface area (Å²) < 4.78 is 5.01. The lowest BCUT2D eigenvalue weighted by Crippen LogP contribution is -2.23.